The molecule has 2 aromatic rings. The Kier molecular flexibility index (Phi) is 4.93. The zero-order chi connectivity index (χ0) is 14.3. The Hall–Kier alpha value is -1.77. The van der Waals surface area contributed by atoms with Gasteiger partial charge in [0.15, 0.2) is 0 Å². The third-order valence-corrected chi connectivity index (χ3v) is 4.40. The van der Waals surface area contributed by atoms with Gasteiger partial charge in [-0.1, -0.05) is 37.8 Å². The molecule has 0 unspecified atom stereocenters. The average Bonchev–Trinajstić information content (AvgIpc) is 2.87. The fraction of sp³-hybridized carbons (Fsp3) is 0.500. The van der Waals surface area contributed by atoms with E-state index in [0.717, 1.165) is 19.0 Å². The van der Waals surface area contributed by atoms with Gasteiger partial charge < -0.3 is 5.32 Å². The monoisotopic (exact) mass is 283 g/mol. The van der Waals surface area contributed by atoms with E-state index in [1.807, 2.05) is 23.1 Å². The molecule has 21 heavy (non-hydrogen) atoms. The molecule has 3 rings (SSSR count). The molecule has 0 amide bonds. The quantitative estimate of drug-likeness (QED) is 0.828. The smallest absolute Gasteiger partial charge is 0.0660 e. The van der Waals surface area contributed by atoms with Gasteiger partial charge in [0, 0.05) is 24.6 Å². The van der Waals surface area contributed by atoms with Crippen LogP contribution in [-0.4, -0.2) is 16.3 Å². The summed E-state index contributed by atoms with van der Waals surface area (Å²) in [5, 5.41) is 7.90. The molecule has 1 fully saturated rings. The van der Waals surface area contributed by atoms with Gasteiger partial charge in [0.05, 0.1) is 6.54 Å². The van der Waals surface area contributed by atoms with Gasteiger partial charge in [-0.3, -0.25) is 4.68 Å². The van der Waals surface area contributed by atoms with Gasteiger partial charge >= 0.3 is 0 Å². The Morgan fingerprint density at radius 1 is 1.10 bits per heavy atom. The van der Waals surface area contributed by atoms with Crippen LogP contribution in [0, 0.1) is 5.92 Å². The fourth-order valence-corrected chi connectivity index (χ4v) is 3.19. The van der Waals surface area contributed by atoms with E-state index in [0.29, 0.717) is 0 Å². The molecule has 0 radical (unpaired) electrons. The minimum absolute atomic E-state index is 0.839. The van der Waals surface area contributed by atoms with Gasteiger partial charge in [0.2, 0.25) is 0 Å². The van der Waals surface area contributed by atoms with Gasteiger partial charge in [-0.2, -0.15) is 5.10 Å². The van der Waals surface area contributed by atoms with Crippen LogP contribution in [0.4, 0.5) is 5.69 Å². The van der Waals surface area contributed by atoms with Crippen LogP contribution >= 0.6 is 0 Å². The highest BCUT2D eigenvalue weighted by Crippen LogP contribution is 2.23. The molecule has 1 N–H and O–H groups in total. The summed E-state index contributed by atoms with van der Waals surface area (Å²) in [6.45, 7) is 1.96. The molecule has 112 valence electrons. The van der Waals surface area contributed by atoms with Crippen molar-refractivity contribution < 1.29 is 0 Å². The van der Waals surface area contributed by atoms with E-state index in [4.69, 9.17) is 0 Å². The van der Waals surface area contributed by atoms with Crippen molar-refractivity contribution >= 4 is 5.69 Å². The molecule has 0 spiro atoms. The normalized spacial score (nSPS) is 16.6. The second kappa shape index (κ2) is 7.30. The molecule has 0 atom stereocenters. The highest BCUT2D eigenvalue weighted by molar-refractivity contribution is 5.45. The lowest BCUT2D eigenvalue weighted by molar-refractivity contribution is 0.483. The molecule has 3 nitrogen and oxygen atoms in total. The first kappa shape index (κ1) is 14.2. The Balaban J connectivity index is 1.55. The number of nitrogens with zero attached hydrogens (tertiary/aromatic N) is 2. The zero-order valence-electron chi connectivity index (χ0n) is 12.7. The van der Waals surface area contributed by atoms with Crippen LogP contribution in [0.25, 0.3) is 0 Å². The van der Waals surface area contributed by atoms with Gasteiger partial charge in [-0.05, 0) is 42.5 Å². The molecule has 3 heteroatoms. The molecule has 0 bridgehead atoms. The molecule has 1 heterocycles. The number of rotatable bonds is 5. The predicted molar refractivity (Wildman–Crippen MR) is 87.5 cm³/mol. The number of aromatic nitrogens is 2. The van der Waals surface area contributed by atoms with E-state index >= 15 is 0 Å². The summed E-state index contributed by atoms with van der Waals surface area (Å²) in [4.78, 5) is 0. The van der Waals surface area contributed by atoms with Crippen LogP contribution in [0.5, 0.6) is 0 Å². The highest BCUT2D eigenvalue weighted by Gasteiger charge is 2.11. The Morgan fingerprint density at radius 3 is 2.71 bits per heavy atom. The molecule has 1 aromatic heterocycles. The van der Waals surface area contributed by atoms with Crippen LogP contribution < -0.4 is 5.32 Å². The van der Waals surface area contributed by atoms with Crippen molar-refractivity contribution in [2.75, 3.05) is 11.9 Å². The number of hydrogen-bond donors (Lipinski definition) is 1. The second-order valence-electron chi connectivity index (χ2n) is 6.14. The predicted octanol–water partition coefficient (Wildman–Crippen LogP) is 4.31. The van der Waals surface area contributed by atoms with Crippen LogP contribution in [0.3, 0.4) is 0 Å². The van der Waals surface area contributed by atoms with Crippen LogP contribution in [0.2, 0.25) is 0 Å². The SMILES string of the molecule is c1cc(Cn2cccn2)cc(NCC2CCCCCC2)c1. The summed E-state index contributed by atoms with van der Waals surface area (Å²) in [5.41, 5.74) is 2.54. The standard InChI is InChI=1S/C18H25N3/c1-2-4-8-16(7-3-1)14-19-18-10-5-9-17(13-18)15-21-12-6-11-20-21/h5-6,9-13,16,19H,1-4,7-8,14-15H2. The van der Waals surface area contributed by atoms with E-state index < -0.39 is 0 Å². The molecule has 1 aromatic carbocycles. The lowest BCUT2D eigenvalue weighted by Crippen LogP contribution is -2.13. The average molecular weight is 283 g/mol. The minimum Gasteiger partial charge on any atom is -0.385 e. The van der Waals surface area contributed by atoms with E-state index in [9.17, 15) is 0 Å². The Bertz CT molecular complexity index is 525. The number of nitrogens with one attached hydrogen (secondary N) is 1. The van der Waals surface area contributed by atoms with Gasteiger partial charge in [0.25, 0.3) is 0 Å². The van der Waals surface area contributed by atoms with E-state index in [1.54, 1.807) is 0 Å². The summed E-state index contributed by atoms with van der Waals surface area (Å²) in [6.07, 6.45) is 12.3. The lowest BCUT2D eigenvalue weighted by atomic mass is 10.0. The number of anilines is 1. The largest absolute Gasteiger partial charge is 0.385 e. The summed E-state index contributed by atoms with van der Waals surface area (Å²) in [6, 6.07) is 10.7. The molecule has 1 aliphatic carbocycles. The van der Waals surface area contributed by atoms with Crippen molar-refractivity contribution in [3.8, 4) is 0 Å². The molecule has 1 saturated carbocycles. The Labute approximate surface area is 127 Å². The van der Waals surface area contributed by atoms with Gasteiger partial charge in [-0.25, -0.2) is 0 Å². The van der Waals surface area contributed by atoms with Crippen molar-refractivity contribution in [2.45, 2.75) is 45.1 Å². The first-order valence-corrected chi connectivity index (χ1v) is 8.20. The van der Waals surface area contributed by atoms with Crippen LogP contribution in [0.15, 0.2) is 42.7 Å². The topological polar surface area (TPSA) is 29.9 Å². The minimum atomic E-state index is 0.839. The van der Waals surface area contributed by atoms with E-state index in [-0.39, 0.29) is 0 Å². The maximum Gasteiger partial charge on any atom is 0.0660 e. The number of benzene rings is 1. The molecular formula is C18H25N3. The highest BCUT2D eigenvalue weighted by atomic mass is 15.3. The van der Waals surface area contributed by atoms with Crippen molar-refractivity contribution in [2.24, 2.45) is 5.92 Å². The lowest BCUT2D eigenvalue weighted by Gasteiger charge is -2.16. The van der Waals surface area contributed by atoms with Crippen LogP contribution in [-0.2, 0) is 6.54 Å². The third-order valence-electron chi connectivity index (χ3n) is 4.40. The second-order valence-corrected chi connectivity index (χ2v) is 6.14. The third kappa shape index (κ3) is 4.35. The zero-order valence-corrected chi connectivity index (χ0v) is 12.7. The first-order valence-electron chi connectivity index (χ1n) is 8.20. The first-order chi connectivity index (χ1) is 10.4. The maximum absolute atomic E-state index is 4.27. The van der Waals surface area contributed by atoms with Crippen molar-refractivity contribution in [3.05, 3.63) is 48.3 Å². The number of hydrogen-bond acceptors (Lipinski definition) is 2. The van der Waals surface area contributed by atoms with Gasteiger partial charge in [0.1, 0.15) is 0 Å². The van der Waals surface area contributed by atoms with Crippen molar-refractivity contribution in [1.82, 2.24) is 9.78 Å². The van der Waals surface area contributed by atoms with Gasteiger partial charge in [-0.15, -0.1) is 0 Å². The molecular weight excluding hydrogens is 258 g/mol. The Morgan fingerprint density at radius 2 is 1.95 bits per heavy atom. The van der Waals surface area contributed by atoms with E-state index in [1.165, 1.54) is 49.8 Å². The van der Waals surface area contributed by atoms with E-state index in [2.05, 4.69) is 34.7 Å². The summed E-state index contributed by atoms with van der Waals surface area (Å²) in [5.74, 6) is 0.849. The van der Waals surface area contributed by atoms with Crippen molar-refractivity contribution in [3.63, 3.8) is 0 Å². The summed E-state index contributed by atoms with van der Waals surface area (Å²) < 4.78 is 1.96. The maximum atomic E-state index is 4.27. The van der Waals surface area contributed by atoms with Crippen molar-refractivity contribution in [1.29, 1.82) is 0 Å². The molecule has 0 saturated heterocycles. The summed E-state index contributed by atoms with van der Waals surface area (Å²) >= 11 is 0. The fourth-order valence-electron chi connectivity index (χ4n) is 3.19. The molecule has 1 aliphatic rings. The van der Waals surface area contributed by atoms with Crippen LogP contribution in [0.1, 0.15) is 44.1 Å². The molecule has 0 aliphatic heterocycles. The summed E-state index contributed by atoms with van der Waals surface area (Å²) in [7, 11) is 0.